The van der Waals surface area contributed by atoms with E-state index in [-0.39, 0.29) is 18.4 Å². The van der Waals surface area contributed by atoms with Gasteiger partial charge in [-0.15, -0.1) is 0 Å². The molecule has 0 aliphatic carbocycles. The highest BCUT2D eigenvalue weighted by Crippen LogP contribution is 2.17. The third kappa shape index (κ3) is 4.51. The predicted octanol–water partition coefficient (Wildman–Crippen LogP) is 2.97. The van der Waals surface area contributed by atoms with E-state index < -0.39 is 0 Å². The maximum absolute atomic E-state index is 12.9. The average Bonchev–Trinajstić information content (AvgIpc) is 3.07. The second-order valence-corrected chi connectivity index (χ2v) is 7.34. The van der Waals surface area contributed by atoms with Crippen LogP contribution in [0.15, 0.2) is 48.8 Å². The molecule has 0 atom stereocenters. The summed E-state index contributed by atoms with van der Waals surface area (Å²) < 4.78 is 5.55. The summed E-state index contributed by atoms with van der Waals surface area (Å²) in [6, 6.07) is 12.3. The zero-order chi connectivity index (χ0) is 20.2. The molecule has 4 rings (SSSR count). The maximum Gasteiger partial charge on any atom is 0.260 e. The van der Waals surface area contributed by atoms with Crippen LogP contribution in [-0.4, -0.2) is 64.4 Å². The second-order valence-electron chi connectivity index (χ2n) is 6.90. The average molecular weight is 413 g/mol. The zero-order valence-corrected chi connectivity index (χ0v) is 16.6. The lowest BCUT2D eigenvalue weighted by atomic mass is 10.1. The Balaban J connectivity index is 1.33. The SMILES string of the molecule is O=C(COc1ccc(Cl)cc1)N1CCCN(C(=O)c2ccc3nc[nH]c3c2)CC1. The van der Waals surface area contributed by atoms with Crippen molar-refractivity contribution in [3.63, 3.8) is 0 Å². The fourth-order valence-electron chi connectivity index (χ4n) is 3.39. The van der Waals surface area contributed by atoms with Crippen LogP contribution in [0.2, 0.25) is 5.02 Å². The Labute approximate surface area is 173 Å². The van der Waals surface area contributed by atoms with Crippen molar-refractivity contribution in [1.29, 1.82) is 0 Å². The number of benzene rings is 2. The molecule has 29 heavy (non-hydrogen) atoms. The highest BCUT2D eigenvalue weighted by molar-refractivity contribution is 6.30. The molecule has 0 unspecified atom stereocenters. The first kappa shape index (κ1) is 19.3. The lowest BCUT2D eigenvalue weighted by molar-refractivity contribution is -0.133. The largest absolute Gasteiger partial charge is 0.484 e. The molecule has 1 aliphatic heterocycles. The van der Waals surface area contributed by atoms with Gasteiger partial charge in [-0.25, -0.2) is 4.98 Å². The first-order valence-electron chi connectivity index (χ1n) is 9.49. The summed E-state index contributed by atoms with van der Waals surface area (Å²) in [5, 5.41) is 0.618. The Morgan fingerprint density at radius 1 is 1.03 bits per heavy atom. The number of aromatic nitrogens is 2. The van der Waals surface area contributed by atoms with Gasteiger partial charge in [-0.3, -0.25) is 9.59 Å². The molecule has 150 valence electrons. The Hall–Kier alpha value is -3.06. The fourth-order valence-corrected chi connectivity index (χ4v) is 3.51. The van der Waals surface area contributed by atoms with Crippen molar-refractivity contribution in [1.82, 2.24) is 19.8 Å². The third-order valence-corrected chi connectivity index (χ3v) is 5.23. The Morgan fingerprint density at radius 2 is 1.79 bits per heavy atom. The number of hydrogen-bond acceptors (Lipinski definition) is 4. The Bertz CT molecular complexity index is 1020. The van der Waals surface area contributed by atoms with Gasteiger partial charge in [0, 0.05) is 36.8 Å². The van der Waals surface area contributed by atoms with Gasteiger partial charge < -0.3 is 19.5 Å². The number of nitrogens with one attached hydrogen (secondary N) is 1. The van der Waals surface area contributed by atoms with Gasteiger partial charge in [0.05, 0.1) is 17.4 Å². The van der Waals surface area contributed by atoms with Crippen molar-refractivity contribution in [2.75, 3.05) is 32.8 Å². The van der Waals surface area contributed by atoms with Crippen molar-refractivity contribution >= 4 is 34.4 Å². The predicted molar refractivity (Wildman–Crippen MR) is 110 cm³/mol. The van der Waals surface area contributed by atoms with Crippen LogP contribution in [-0.2, 0) is 4.79 Å². The fraction of sp³-hybridized carbons (Fsp3) is 0.286. The van der Waals surface area contributed by atoms with Crippen LogP contribution in [0.1, 0.15) is 16.8 Å². The van der Waals surface area contributed by atoms with Crippen molar-refractivity contribution < 1.29 is 14.3 Å². The quantitative estimate of drug-likeness (QED) is 0.714. The van der Waals surface area contributed by atoms with Crippen LogP contribution >= 0.6 is 11.6 Å². The summed E-state index contributed by atoms with van der Waals surface area (Å²) in [7, 11) is 0. The van der Waals surface area contributed by atoms with Gasteiger partial charge in [-0.1, -0.05) is 11.6 Å². The molecule has 2 heterocycles. The van der Waals surface area contributed by atoms with Crippen molar-refractivity contribution in [3.05, 3.63) is 59.4 Å². The van der Waals surface area contributed by atoms with E-state index >= 15 is 0 Å². The molecule has 0 radical (unpaired) electrons. The van der Waals surface area contributed by atoms with Gasteiger partial charge in [-0.2, -0.15) is 0 Å². The topological polar surface area (TPSA) is 78.5 Å². The molecule has 1 fully saturated rings. The molecule has 3 aromatic rings. The number of aromatic amines is 1. The smallest absolute Gasteiger partial charge is 0.260 e. The molecule has 0 bridgehead atoms. The summed E-state index contributed by atoms with van der Waals surface area (Å²) in [5.41, 5.74) is 2.28. The van der Waals surface area contributed by atoms with Crippen LogP contribution in [0.4, 0.5) is 0 Å². The molecule has 1 saturated heterocycles. The van der Waals surface area contributed by atoms with Crippen molar-refractivity contribution in [2.45, 2.75) is 6.42 Å². The minimum Gasteiger partial charge on any atom is -0.484 e. The van der Waals surface area contributed by atoms with Crippen LogP contribution in [0.3, 0.4) is 0 Å². The van der Waals surface area contributed by atoms with Gasteiger partial charge in [0.1, 0.15) is 5.75 Å². The summed E-state index contributed by atoms with van der Waals surface area (Å²) in [5.74, 6) is 0.477. The number of H-pyrrole nitrogens is 1. The summed E-state index contributed by atoms with van der Waals surface area (Å²) in [6.45, 7) is 2.16. The van der Waals surface area contributed by atoms with Gasteiger partial charge in [0.2, 0.25) is 0 Å². The number of halogens is 1. The lowest BCUT2D eigenvalue weighted by Gasteiger charge is -2.22. The molecule has 2 amide bonds. The normalized spacial score (nSPS) is 14.7. The molecule has 0 saturated carbocycles. The molecule has 0 spiro atoms. The number of ether oxygens (including phenoxy) is 1. The number of amides is 2. The van der Waals surface area contributed by atoms with E-state index in [1.54, 1.807) is 46.5 Å². The molecule has 2 aromatic carbocycles. The monoisotopic (exact) mass is 412 g/mol. The van der Waals surface area contributed by atoms with Crippen molar-refractivity contribution in [2.24, 2.45) is 0 Å². The molecule has 8 heteroatoms. The lowest BCUT2D eigenvalue weighted by Crippen LogP contribution is -2.39. The van der Waals surface area contributed by atoms with Gasteiger partial charge in [-0.05, 0) is 48.9 Å². The Morgan fingerprint density at radius 3 is 2.62 bits per heavy atom. The number of nitrogens with zero attached hydrogens (tertiary/aromatic N) is 3. The van der Waals surface area contributed by atoms with E-state index in [1.807, 2.05) is 12.1 Å². The van der Waals surface area contributed by atoms with Crippen LogP contribution < -0.4 is 4.74 Å². The third-order valence-electron chi connectivity index (χ3n) is 4.98. The van der Waals surface area contributed by atoms with Crippen LogP contribution in [0.25, 0.3) is 11.0 Å². The van der Waals surface area contributed by atoms with E-state index in [2.05, 4.69) is 9.97 Å². The van der Waals surface area contributed by atoms with E-state index in [0.29, 0.717) is 42.5 Å². The highest BCUT2D eigenvalue weighted by Gasteiger charge is 2.23. The number of fused-ring (bicyclic) bond motifs is 1. The molecule has 1 aliphatic rings. The maximum atomic E-state index is 12.9. The highest BCUT2D eigenvalue weighted by atomic mass is 35.5. The number of rotatable bonds is 4. The number of carbonyl (C=O) groups excluding carboxylic acids is 2. The second kappa shape index (κ2) is 8.53. The molecule has 1 N–H and O–H groups in total. The summed E-state index contributed by atoms with van der Waals surface area (Å²) in [6.07, 6.45) is 2.34. The van der Waals surface area contributed by atoms with Gasteiger partial charge >= 0.3 is 0 Å². The minimum atomic E-state index is -0.0897. The molecular weight excluding hydrogens is 392 g/mol. The van der Waals surface area contributed by atoms with E-state index in [4.69, 9.17) is 16.3 Å². The van der Waals surface area contributed by atoms with Gasteiger partial charge in [0.25, 0.3) is 11.8 Å². The van der Waals surface area contributed by atoms with Gasteiger partial charge in [0.15, 0.2) is 6.61 Å². The molecular formula is C21H21ClN4O3. The van der Waals surface area contributed by atoms with Crippen LogP contribution in [0.5, 0.6) is 5.75 Å². The first-order chi connectivity index (χ1) is 14.1. The van der Waals surface area contributed by atoms with E-state index in [9.17, 15) is 9.59 Å². The minimum absolute atomic E-state index is 0.0341. The number of carbonyl (C=O) groups is 2. The van der Waals surface area contributed by atoms with Crippen molar-refractivity contribution in [3.8, 4) is 5.75 Å². The van der Waals surface area contributed by atoms with Crippen LogP contribution in [0, 0.1) is 0 Å². The number of imidazole rings is 1. The summed E-state index contributed by atoms with van der Waals surface area (Å²) in [4.78, 5) is 36.2. The Kier molecular flexibility index (Phi) is 5.67. The molecule has 1 aromatic heterocycles. The standard InChI is InChI=1S/C21H21ClN4O3/c22-16-3-5-17(6-4-16)29-13-20(27)25-8-1-9-26(11-10-25)21(28)15-2-7-18-19(12-15)24-14-23-18/h2-7,12,14H,1,8-11,13H2,(H,23,24). The first-order valence-corrected chi connectivity index (χ1v) is 9.86. The van der Waals surface area contributed by atoms with E-state index in [0.717, 1.165) is 17.5 Å². The molecule has 7 nitrogen and oxygen atoms in total. The zero-order valence-electron chi connectivity index (χ0n) is 15.8. The van der Waals surface area contributed by atoms with E-state index in [1.165, 1.54) is 0 Å². The number of hydrogen-bond donors (Lipinski definition) is 1. The summed E-state index contributed by atoms with van der Waals surface area (Å²) >= 11 is 5.85.